The monoisotopic (exact) mass is 408 g/mol. The second-order valence-electron chi connectivity index (χ2n) is 7.72. The van der Waals surface area contributed by atoms with Crippen molar-refractivity contribution >= 4 is 10.0 Å². The van der Waals surface area contributed by atoms with E-state index in [-0.39, 0.29) is 23.5 Å². The quantitative estimate of drug-likeness (QED) is 0.756. The van der Waals surface area contributed by atoms with Crippen molar-refractivity contribution in [1.82, 2.24) is 9.21 Å². The third-order valence-electron chi connectivity index (χ3n) is 4.82. The molecule has 7 heteroatoms. The van der Waals surface area contributed by atoms with Crippen molar-refractivity contribution in [2.45, 2.75) is 50.7 Å². The molecular weight excluding hydrogens is 376 g/mol. The van der Waals surface area contributed by atoms with Crippen LogP contribution < -0.4 is 4.74 Å². The molecule has 0 aromatic heterocycles. The van der Waals surface area contributed by atoms with Crippen LogP contribution in [-0.4, -0.2) is 68.7 Å². The van der Waals surface area contributed by atoms with Crippen LogP contribution in [0.4, 0.5) is 0 Å². The minimum atomic E-state index is -3.79. The smallest absolute Gasteiger partial charge is 0.247 e. The van der Waals surface area contributed by atoms with Crippen LogP contribution in [0.1, 0.15) is 39.2 Å². The van der Waals surface area contributed by atoms with Gasteiger partial charge in [0, 0.05) is 37.0 Å². The van der Waals surface area contributed by atoms with Gasteiger partial charge in [-0.15, -0.1) is 0 Å². The number of sulfonamides is 1. The van der Waals surface area contributed by atoms with Crippen LogP contribution in [0.5, 0.6) is 5.75 Å². The molecule has 0 unspecified atom stereocenters. The SMILES string of the molecule is CCCC#Cc1ccc2c(c1)O[C@@H](CN(C)C)[C@@H](C)CN([C@H](C)CO)S2(=O)=O. The fraction of sp³-hybridized carbons (Fsp3) is 0.619. The Balaban J connectivity index is 2.57. The molecule has 28 heavy (non-hydrogen) atoms. The first-order valence-corrected chi connectivity index (χ1v) is 11.2. The lowest BCUT2D eigenvalue weighted by Crippen LogP contribution is -2.49. The van der Waals surface area contributed by atoms with Crippen molar-refractivity contribution in [1.29, 1.82) is 0 Å². The molecule has 1 heterocycles. The van der Waals surface area contributed by atoms with Gasteiger partial charge in [-0.1, -0.05) is 25.7 Å². The van der Waals surface area contributed by atoms with Crippen LogP contribution in [0, 0.1) is 17.8 Å². The Bertz CT molecular complexity index is 827. The molecule has 0 saturated carbocycles. The minimum Gasteiger partial charge on any atom is -0.487 e. The second-order valence-corrected chi connectivity index (χ2v) is 9.57. The number of hydrogen-bond acceptors (Lipinski definition) is 5. The molecule has 3 atom stereocenters. The van der Waals surface area contributed by atoms with E-state index in [2.05, 4.69) is 18.8 Å². The van der Waals surface area contributed by atoms with E-state index in [0.717, 1.165) is 18.4 Å². The molecule has 0 bridgehead atoms. The van der Waals surface area contributed by atoms with Gasteiger partial charge in [-0.25, -0.2) is 8.42 Å². The Labute approximate surface area is 169 Å². The van der Waals surface area contributed by atoms with Crippen molar-refractivity contribution in [2.75, 3.05) is 33.8 Å². The molecule has 1 aromatic rings. The van der Waals surface area contributed by atoms with Gasteiger partial charge in [0.25, 0.3) is 0 Å². The molecule has 6 nitrogen and oxygen atoms in total. The van der Waals surface area contributed by atoms with Crippen LogP contribution in [0.25, 0.3) is 0 Å². The Hall–Kier alpha value is -1.59. The molecule has 0 fully saturated rings. The second kappa shape index (κ2) is 9.75. The summed E-state index contributed by atoms with van der Waals surface area (Å²) in [6.07, 6.45) is 1.58. The van der Waals surface area contributed by atoms with Gasteiger partial charge in [0.15, 0.2) is 0 Å². The summed E-state index contributed by atoms with van der Waals surface area (Å²) in [5.41, 5.74) is 0.737. The number of likely N-dealkylation sites (N-methyl/N-ethyl adjacent to an activating group) is 1. The summed E-state index contributed by atoms with van der Waals surface area (Å²) in [6.45, 7) is 6.48. The normalized spacial score (nSPS) is 23.0. The Morgan fingerprint density at radius 1 is 1.39 bits per heavy atom. The third-order valence-corrected chi connectivity index (χ3v) is 6.84. The first-order valence-electron chi connectivity index (χ1n) is 9.77. The van der Waals surface area contributed by atoms with Gasteiger partial charge in [0.1, 0.15) is 16.7 Å². The zero-order valence-corrected chi connectivity index (χ0v) is 18.3. The molecular formula is C21H32N2O4S. The molecule has 1 N–H and O–H groups in total. The van der Waals surface area contributed by atoms with E-state index in [0.29, 0.717) is 18.8 Å². The minimum absolute atomic E-state index is 0.0471. The van der Waals surface area contributed by atoms with Crippen molar-refractivity contribution in [3.05, 3.63) is 23.8 Å². The van der Waals surface area contributed by atoms with Crippen LogP contribution in [0.3, 0.4) is 0 Å². The van der Waals surface area contributed by atoms with Crippen molar-refractivity contribution in [3.63, 3.8) is 0 Å². The van der Waals surface area contributed by atoms with Gasteiger partial charge >= 0.3 is 0 Å². The molecule has 2 rings (SSSR count). The fourth-order valence-corrected chi connectivity index (χ4v) is 5.00. The summed E-state index contributed by atoms with van der Waals surface area (Å²) in [5.74, 6) is 6.45. The number of fused-ring (bicyclic) bond motifs is 1. The van der Waals surface area contributed by atoms with E-state index in [4.69, 9.17) is 4.74 Å². The zero-order valence-electron chi connectivity index (χ0n) is 17.5. The number of aliphatic hydroxyl groups is 1. The lowest BCUT2D eigenvalue weighted by molar-refractivity contribution is 0.0812. The maximum Gasteiger partial charge on any atom is 0.247 e. The lowest BCUT2D eigenvalue weighted by Gasteiger charge is -2.37. The topological polar surface area (TPSA) is 70.1 Å². The van der Waals surface area contributed by atoms with Crippen molar-refractivity contribution < 1.29 is 18.3 Å². The molecule has 0 spiro atoms. The van der Waals surface area contributed by atoms with E-state index in [1.165, 1.54) is 4.31 Å². The highest BCUT2D eigenvalue weighted by Crippen LogP contribution is 2.34. The predicted molar refractivity (Wildman–Crippen MR) is 111 cm³/mol. The van der Waals surface area contributed by atoms with Crippen molar-refractivity contribution in [2.24, 2.45) is 5.92 Å². The summed E-state index contributed by atoms with van der Waals surface area (Å²) in [5, 5.41) is 9.63. The first kappa shape index (κ1) is 22.7. The summed E-state index contributed by atoms with van der Waals surface area (Å²) < 4.78 is 34.2. The number of aliphatic hydroxyl groups excluding tert-OH is 1. The average molecular weight is 409 g/mol. The largest absolute Gasteiger partial charge is 0.487 e. The predicted octanol–water partition coefficient (Wildman–Crippen LogP) is 2.17. The maximum absolute atomic E-state index is 13.3. The van der Waals surface area contributed by atoms with Gasteiger partial charge in [-0.2, -0.15) is 4.31 Å². The highest BCUT2D eigenvalue weighted by Gasteiger charge is 2.37. The van der Waals surface area contributed by atoms with E-state index in [1.807, 2.05) is 25.9 Å². The molecule has 0 saturated heterocycles. The van der Waals surface area contributed by atoms with E-state index < -0.39 is 16.1 Å². The first-order chi connectivity index (χ1) is 13.2. The molecule has 1 aromatic carbocycles. The summed E-state index contributed by atoms with van der Waals surface area (Å²) in [4.78, 5) is 2.16. The average Bonchev–Trinajstić information content (AvgIpc) is 2.63. The number of rotatable bonds is 5. The van der Waals surface area contributed by atoms with Crippen LogP contribution in [-0.2, 0) is 10.0 Å². The number of benzene rings is 1. The van der Waals surface area contributed by atoms with E-state index in [9.17, 15) is 13.5 Å². The van der Waals surface area contributed by atoms with Crippen molar-refractivity contribution in [3.8, 4) is 17.6 Å². The Morgan fingerprint density at radius 2 is 2.11 bits per heavy atom. The summed E-state index contributed by atoms with van der Waals surface area (Å²) in [7, 11) is 0.137. The molecule has 156 valence electrons. The zero-order chi connectivity index (χ0) is 20.9. The summed E-state index contributed by atoms with van der Waals surface area (Å²) >= 11 is 0. The van der Waals surface area contributed by atoms with Crippen LogP contribution in [0.15, 0.2) is 23.1 Å². The molecule has 1 aliphatic rings. The van der Waals surface area contributed by atoms with Gasteiger partial charge in [-0.05, 0) is 45.6 Å². The number of ether oxygens (including phenoxy) is 1. The van der Waals surface area contributed by atoms with Gasteiger partial charge in [-0.3, -0.25) is 0 Å². The number of unbranched alkanes of at least 4 members (excludes halogenated alkanes) is 1. The molecule has 1 aliphatic heterocycles. The van der Waals surface area contributed by atoms with Crippen LogP contribution in [0.2, 0.25) is 0 Å². The number of nitrogens with zero attached hydrogens (tertiary/aromatic N) is 2. The fourth-order valence-electron chi connectivity index (χ4n) is 3.17. The highest BCUT2D eigenvalue weighted by atomic mass is 32.2. The van der Waals surface area contributed by atoms with E-state index in [1.54, 1.807) is 25.1 Å². The maximum atomic E-state index is 13.3. The summed E-state index contributed by atoms with van der Waals surface area (Å²) in [6, 6.07) is 4.50. The van der Waals surface area contributed by atoms with Crippen LogP contribution >= 0.6 is 0 Å². The van der Waals surface area contributed by atoms with Gasteiger partial charge < -0.3 is 14.7 Å². The Morgan fingerprint density at radius 3 is 2.71 bits per heavy atom. The number of hydrogen-bond donors (Lipinski definition) is 1. The lowest BCUT2D eigenvalue weighted by atomic mass is 10.0. The molecule has 0 aliphatic carbocycles. The van der Waals surface area contributed by atoms with E-state index >= 15 is 0 Å². The Kier molecular flexibility index (Phi) is 7.90. The van der Waals surface area contributed by atoms with Gasteiger partial charge in [0.2, 0.25) is 10.0 Å². The van der Waals surface area contributed by atoms with Gasteiger partial charge in [0.05, 0.1) is 6.61 Å². The standard InChI is InChI=1S/C21H32N2O4S/c1-6-7-8-9-18-10-11-21-19(12-18)27-20(14-22(4)5)16(2)13-23(17(3)15-24)28(21,25)26/h10-12,16-17,20,24H,6-7,13-15H2,1-5H3/t16-,17+,20-/m0/s1. The molecule has 0 amide bonds. The highest BCUT2D eigenvalue weighted by molar-refractivity contribution is 7.89. The third kappa shape index (κ3) is 5.26. The molecule has 0 radical (unpaired) electrons.